The van der Waals surface area contributed by atoms with Gasteiger partial charge in [0.05, 0.1) is 0 Å². The zero-order valence-corrected chi connectivity index (χ0v) is 13.2. The van der Waals surface area contributed by atoms with Crippen molar-refractivity contribution in [1.82, 2.24) is 4.90 Å². The van der Waals surface area contributed by atoms with Crippen LogP contribution in [0.2, 0.25) is 0 Å². The Balaban J connectivity index is 2.17. The molecule has 1 aromatic carbocycles. The van der Waals surface area contributed by atoms with Crippen LogP contribution >= 0.6 is 0 Å². The van der Waals surface area contributed by atoms with Crippen LogP contribution in [0.25, 0.3) is 0 Å². The third kappa shape index (κ3) is 3.43. The van der Waals surface area contributed by atoms with Gasteiger partial charge in [0.2, 0.25) is 0 Å². The standard InChI is InChI=1S/C17H26F2N2/c1-12-6-8-17(9-7-12,21(2)3)16(20)10-13-4-5-14(18)11-15(13)19/h4-5,11-12,16H,6-10,20H2,1-3H3. The fourth-order valence-electron chi connectivity index (χ4n) is 3.53. The normalized spacial score (nSPS) is 27.9. The number of nitrogens with zero attached hydrogens (tertiary/aromatic N) is 1. The van der Waals surface area contributed by atoms with E-state index in [4.69, 9.17) is 5.73 Å². The van der Waals surface area contributed by atoms with E-state index >= 15 is 0 Å². The smallest absolute Gasteiger partial charge is 0.129 e. The van der Waals surface area contributed by atoms with E-state index in [1.165, 1.54) is 12.1 Å². The van der Waals surface area contributed by atoms with E-state index in [0.717, 1.165) is 37.7 Å². The number of rotatable bonds is 4. The molecule has 1 unspecified atom stereocenters. The summed E-state index contributed by atoms with van der Waals surface area (Å²) < 4.78 is 26.9. The first-order valence-corrected chi connectivity index (χ1v) is 7.72. The van der Waals surface area contributed by atoms with Crippen LogP contribution in [0.5, 0.6) is 0 Å². The minimum atomic E-state index is -0.543. The molecule has 0 spiro atoms. The minimum absolute atomic E-state index is 0.0899. The zero-order chi connectivity index (χ0) is 15.6. The summed E-state index contributed by atoms with van der Waals surface area (Å²) in [5, 5.41) is 0. The van der Waals surface area contributed by atoms with Gasteiger partial charge in [0, 0.05) is 17.6 Å². The molecule has 2 rings (SSSR count). The fourth-order valence-corrected chi connectivity index (χ4v) is 3.53. The predicted octanol–water partition coefficient (Wildman–Crippen LogP) is 3.35. The number of likely N-dealkylation sites (N-methyl/N-ethyl adjacent to an activating group) is 1. The Labute approximate surface area is 126 Å². The van der Waals surface area contributed by atoms with E-state index in [1.807, 2.05) is 0 Å². The molecule has 1 aliphatic rings. The van der Waals surface area contributed by atoms with E-state index in [1.54, 1.807) is 0 Å². The first-order chi connectivity index (χ1) is 9.85. The van der Waals surface area contributed by atoms with Gasteiger partial charge in [-0.25, -0.2) is 8.78 Å². The van der Waals surface area contributed by atoms with E-state index in [-0.39, 0.29) is 11.6 Å². The molecule has 0 heterocycles. The Hall–Kier alpha value is -1.00. The van der Waals surface area contributed by atoms with Crippen molar-refractivity contribution in [2.24, 2.45) is 11.7 Å². The summed E-state index contributed by atoms with van der Waals surface area (Å²) in [7, 11) is 4.10. The molecule has 21 heavy (non-hydrogen) atoms. The summed E-state index contributed by atoms with van der Waals surface area (Å²) >= 11 is 0. The van der Waals surface area contributed by atoms with Gasteiger partial charge >= 0.3 is 0 Å². The molecule has 1 fully saturated rings. The number of hydrogen-bond donors (Lipinski definition) is 1. The average molecular weight is 296 g/mol. The van der Waals surface area contributed by atoms with Gasteiger partial charge in [-0.3, -0.25) is 0 Å². The van der Waals surface area contributed by atoms with E-state index in [0.29, 0.717) is 12.0 Å². The first kappa shape index (κ1) is 16.4. The summed E-state index contributed by atoms with van der Waals surface area (Å²) in [6.45, 7) is 2.27. The topological polar surface area (TPSA) is 29.3 Å². The van der Waals surface area contributed by atoms with Crippen molar-refractivity contribution in [3.05, 3.63) is 35.4 Å². The molecular weight excluding hydrogens is 270 g/mol. The molecular formula is C17H26F2N2. The van der Waals surface area contributed by atoms with Crippen molar-refractivity contribution in [3.63, 3.8) is 0 Å². The predicted molar refractivity (Wildman–Crippen MR) is 82.1 cm³/mol. The van der Waals surface area contributed by atoms with Crippen molar-refractivity contribution in [2.75, 3.05) is 14.1 Å². The van der Waals surface area contributed by atoms with Gasteiger partial charge in [-0.15, -0.1) is 0 Å². The average Bonchev–Trinajstić information content (AvgIpc) is 2.42. The lowest BCUT2D eigenvalue weighted by atomic mass is 9.71. The third-order valence-electron chi connectivity index (χ3n) is 5.18. The lowest BCUT2D eigenvalue weighted by Gasteiger charge is -2.48. The largest absolute Gasteiger partial charge is 0.326 e. The van der Waals surface area contributed by atoms with Gasteiger partial charge in [0.25, 0.3) is 0 Å². The first-order valence-electron chi connectivity index (χ1n) is 7.72. The Morgan fingerprint density at radius 2 is 1.90 bits per heavy atom. The quantitative estimate of drug-likeness (QED) is 0.923. The van der Waals surface area contributed by atoms with Gasteiger partial charge in [0.1, 0.15) is 11.6 Å². The number of hydrogen-bond acceptors (Lipinski definition) is 2. The summed E-state index contributed by atoms with van der Waals surface area (Å²) in [5.74, 6) is -0.310. The van der Waals surface area contributed by atoms with Gasteiger partial charge in [-0.1, -0.05) is 13.0 Å². The van der Waals surface area contributed by atoms with E-state index in [9.17, 15) is 8.78 Å². The molecule has 1 aliphatic carbocycles. The van der Waals surface area contributed by atoms with Gasteiger partial charge < -0.3 is 10.6 Å². The van der Waals surface area contributed by atoms with Gasteiger partial charge in [-0.2, -0.15) is 0 Å². The highest BCUT2D eigenvalue weighted by Gasteiger charge is 2.41. The molecule has 4 heteroatoms. The maximum absolute atomic E-state index is 13.9. The molecule has 0 amide bonds. The summed E-state index contributed by atoms with van der Waals surface area (Å²) in [4.78, 5) is 2.20. The van der Waals surface area contributed by atoms with Crippen LogP contribution in [-0.2, 0) is 6.42 Å². The Morgan fingerprint density at radius 1 is 1.29 bits per heavy atom. The molecule has 0 aliphatic heterocycles. The van der Waals surface area contributed by atoms with Gasteiger partial charge in [-0.05, 0) is 63.7 Å². The Kier molecular flexibility index (Phi) is 4.99. The summed E-state index contributed by atoms with van der Waals surface area (Å²) in [6, 6.07) is 3.60. The van der Waals surface area contributed by atoms with Crippen LogP contribution in [0.1, 0.15) is 38.2 Å². The SMILES string of the molecule is CC1CCC(C(N)Cc2ccc(F)cc2F)(N(C)C)CC1. The highest BCUT2D eigenvalue weighted by molar-refractivity contribution is 5.21. The van der Waals surface area contributed by atoms with Crippen LogP contribution < -0.4 is 5.73 Å². The van der Waals surface area contributed by atoms with Crippen molar-refractivity contribution in [2.45, 2.75) is 50.6 Å². The van der Waals surface area contributed by atoms with Crippen LogP contribution in [0.3, 0.4) is 0 Å². The third-order valence-corrected chi connectivity index (χ3v) is 5.18. The number of benzene rings is 1. The zero-order valence-electron chi connectivity index (χ0n) is 13.2. The lowest BCUT2D eigenvalue weighted by Crippen LogP contribution is -2.59. The van der Waals surface area contributed by atoms with Crippen LogP contribution in [0, 0.1) is 17.6 Å². The second-order valence-electron chi connectivity index (χ2n) is 6.73. The fraction of sp³-hybridized carbons (Fsp3) is 0.647. The lowest BCUT2D eigenvalue weighted by molar-refractivity contribution is 0.0566. The monoisotopic (exact) mass is 296 g/mol. The van der Waals surface area contributed by atoms with Crippen molar-refractivity contribution in [3.8, 4) is 0 Å². The molecule has 1 aromatic rings. The molecule has 0 radical (unpaired) electrons. The highest BCUT2D eigenvalue weighted by Crippen LogP contribution is 2.38. The molecule has 0 saturated heterocycles. The molecule has 0 aromatic heterocycles. The molecule has 118 valence electrons. The molecule has 0 bridgehead atoms. The molecule has 2 N–H and O–H groups in total. The molecule has 1 saturated carbocycles. The Morgan fingerprint density at radius 3 is 2.43 bits per heavy atom. The van der Waals surface area contributed by atoms with Crippen LogP contribution in [-0.4, -0.2) is 30.6 Å². The number of nitrogens with two attached hydrogens (primary N) is 1. The highest BCUT2D eigenvalue weighted by atomic mass is 19.1. The second kappa shape index (κ2) is 6.41. The van der Waals surface area contributed by atoms with Crippen LogP contribution in [0.15, 0.2) is 18.2 Å². The molecule has 2 nitrogen and oxygen atoms in total. The summed E-state index contributed by atoms with van der Waals surface area (Å²) in [6.07, 6.45) is 4.81. The van der Waals surface area contributed by atoms with E-state index < -0.39 is 11.6 Å². The summed E-state index contributed by atoms with van der Waals surface area (Å²) in [5.41, 5.74) is 6.88. The van der Waals surface area contributed by atoms with E-state index in [2.05, 4.69) is 25.9 Å². The second-order valence-corrected chi connectivity index (χ2v) is 6.73. The van der Waals surface area contributed by atoms with Gasteiger partial charge in [0.15, 0.2) is 0 Å². The minimum Gasteiger partial charge on any atom is -0.326 e. The van der Waals surface area contributed by atoms with Crippen molar-refractivity contribution in [1.29, 1.82) is 0 Å². The number of halogens is 2. The Bertz CT molecular complexity index is 480. The van der Waals surface area contributed by atoms with Crippen LogP contribution in [0.4, 0.5) is 8.78 Å². The van der Waals surface area contributed by atoms with Crippen molar-refractivity contribution < 1.29 is 8.78 Å². The van der Waals surface area contributed by atoms with Crippen molar-refractivity contribution >= 4 is 0 Å². The maximum Gasteiger partial charge on any atom is 0.129 e. The molecule has 1 atom stereocenters. The maximum atomic E-state index is 13.9.